The van der Waals surface area contributed by atoms with E-state index in [1.54, 1.807) is 12.4 Å². The third-order valence-corrected chi connectivity index (χ3v) is 7.91. The van der Waals surface area contributed by atoms with Crippen molar-refractivity contribution < 1.29 is 0 Å². The lowest BCUT2D eigenvalue weighted by molar-refractivity contribution is 0.285. The lowest BCUT2D eigenvalue weighted by Crippen LogP contribution is -2.31. The van der Waals surface area contributed by atoms with E-state index in [1.807, 2.05) is 54.6 Å². The molecule has 216 valence electrons. The second kappa shape index (κ2) is 11.9. The number of nitriles is 1. The van der Waals surface area contributed by atoms with E-state index in [1.165, 1.54) is 5.56 Å². The first-order chi connectivity index (χ1) is 21.7. The molecule has 7 rings (SSSR count). The molecular weight excluding hydrogens is 548 g/mol. The minimum atomic E-state index is 0.204. The Bertz CT molecular complexity index is 1960. The molecule has 2 aromatic carbocycles. The van der Waals surface area contributed by atoms with Crippen molar-refractivity contribution in [2.45, 2.75) is 13.0 Å². The topological polar surface area (TPSA) is 126 Å². The number of pyridine rings is 2. The van der Waals surface area contributed by atoms with Crippen molar-refractivity contribution >= 4 is 22.8 Å². The molecule has 0 unspecified atom stereocenters. The molecule has 0 radical (unpaired) electrons. The summed E-state index contributed by atoms with van der Waals surface area (Å²) in [7, 11) is 0. The highest BCUT2D eigenvalue weighted by Crippen LogP contribution is 2.32. The van der Waals surface area contributed by atoms with Gasteiger partial charge in [0, 0.05) is 56.4 Å². The minimum absolute atomic E-state index is 0.204. The van der Waals surface area contributed by atoms with Crippen LogP contribution in [-0.2, 0) is 6.54 Å². The quantitative estimate of drug-likeness (QED) is 0.287. The molecule has 1 aliphatic heterocycles. The summed E-state index contributed by atoms with van der Waals surface area (Å²) in [6, 6.07) is 30.5. The Morgan fingerprint density at radius 3 is 2.45 bits per heavy atom. The summed E-state index contributed by atoms with van der Waals surface area (Å²) < 4.78 is 2.07. The maximum Gasteiger partial charge on any atom is 0.234 e. The number of nitrogen functional groups attached to an aromatic ring is 1. The van der Waals surface area contributed by atoms with Gasteiger partial charge in [-0.05, 0) is 54.4 Å². The van der Waals surface area contributed by atoms with Crippen molar-refractivity contribution in [3.05, 3.63) is 109 Å². The summed E-state index contributed by atoms with van der Waals surface area (Å²) in [5.41, 5.74) is 12.7. The van der Waals surface area contributed by atoms with E-state index in [2.05, 4.69) is 65.7 Å². The van der Waals surface area contributed by atoms with Gasteiger partial charge in [0.15, 0.2) is 11.5 Å². The number of aromatic nitrogens is 6. The molecule has 0 aliphatic carbocycles. The fourth-order valence-corrected chi connectivity index (χ4v) is 5.70. The van der Waals surface area contributed by atoms with Gasteiger partial charge in [0.2, 0.25) is 5.82 Å². The van der Waals surface area contributed by atoms with Crippen LogP contribution >= 0.6 is 0 Å². The molecule has 1 saturated heterocycles. The molecule has 0 bridgehead atoms. The Hall–Kier alpha value is -5.66. The van der Waals surface area contributed by atoms with Gasteiger partial charge in [-0.1, -0.05) is 42.5 Å². The first-order valence-corrected chi connectivity index (χ1v) is 14.6. The van der Waals surface area contributed by atoms with E-state index in [0.29, 0.717) is 11.6 Å². The highest BCUT2D eigenvalue weighted by atomic mass is 15.2. The van der Waals surface area contributed by atoms with E-state index in [9.17, 15) is 5.26 Å². The van der Waals surface area contributed by atoms with Crippen LogP contribution in [0, 0.1) is 11.3 Å². The highest BCUT2D eigenvalue weighted by Gasteiger charge is 2.20. The fourth-order valence-electron chi connectivity index (χ4n) is 5.70. The molecule has 6 aromatic rings. The van der Waals surface area contributed by atoms with Gasteiger partial charge < -0.3 is 10.6 Å². The summed E-state index contributed by atoms with van der Waals surface area (Å²) in [6.45, 7) is 4.45. The molecule has 0 amide bonds. The second-order valence-electron chi connectivity index (χ2n) is 10.7. The largest absolute Gasteiger partial charge is 0.383 e. The standard InChI is InChI=1S/C34H30N10/c35-22-30-37-17-15-31(41-30)43-19-5-18-42(20-21-43)23-24-9-11-26(12-10-24)44-33(27-8-4-16-38-32(27)36)40-29-14-13-28(39-34(29)44)25-6-2-1-3-7-25/h1-4,6-17H,5,18-21,23H2,(H2,36,38). The Balaban J connectivity index is 1.17. The molecule has 1 fully saturated rings. The van der Waals surface area contributed by atoms with Crippen LogP contribution in [0.25, 0.3) is 39.5 Å². The van der Waals surface area contributed by atoms with Crippen molar-refractivity contribution in [3.8, 4) is 34.4 Å². The third kappa shape index (κ3) is 5.44. The van der Waals surface area contributed by atoms with Crippen LogP contribution in [0.5, 0.6) is 0 Å². The summed E-state index contributed by atoms with van der Waals surface area (Å²) in [5, 5.41) is 9.18. The molecule has 4 aromatic heterocycles. The third-order valence-electron chi connectivity index (χ3n) is 7.91. The van der Waals surface area contributed by atoms with Crippen molar-refractivity contribution in [2.75, 3.05) is 36.8 Å². The first-order valence-electron chi connectivity index (χ1n) is 14.6. The van der Waals surface area contributed by atoms with Crippen LogP contribution in [0.2, 0.25) is 0 Å². The number of hydrogen-bond donors (Lipinski definition) is 1. The van der Waals surface area contributed by atoms with Crippen LogP contribution in [0.1, 0.15) is 17.8 Å². The average molecular weight is 579 g/mol. The van der Waals surface area contributed by atoms with Gasteiger partial charge in [0.25, 0.3) is 0 Å². The zero-order valence-electron chi connectivity index (χ0n) is 24.1. The Kier molecular flexibility index (Phi) is 7.36. The Labute approximate surface area is 255 Å². The van der Waals surface area contributed by atoms with E-state index in [4.69, 9.17) is 15.7 Å². The summed E-state index contributed by atoms with van der Waals surface area (Å²) in [6.07, 6.45) is 4.35. The minimum Gasteiger partial charge on any atom is -0.383 e. The first kappa shape index (κ1) is 27.2. The molecule has 10 nitrogen and oxygen atoms in total. The van der Waals surface area contributed by atoms with Crippen LogP contribution in [0.4, 0.5) is 11.6 Å². The van der Waals surface area contributed by atoms with Gasteiger partial charge in [-0.2, -0.15) is 5.26 Å². The Morgan fingerprint density at radius 1 is 0.773 bits per heavy atom. The summed E-state index contributed by atoms with van der Waals surface area (Å²) in [4.78, 5) is 27.4. The Morgan fingerprint density at radius 2 is 1.64 bits per heavy atom. The predicted octanol–water partition coefficient (Wildman–Crippen LogP) is 5.11. The lowest BCUT2D eigenvalue weighted by atomic mass is 10.1. The van der Waals surface area contributed by atoms with Crippen molar-refractivity contribution in [2.24, 2.45) is 0 Å². The van der Waals surface area contributed by atoms with Crippen molar-refractivity contribution in [3.63, 3.8) is 0 Å². The monoisotopic (exact) mass is 578 g/mol. The van der Waals surface area contributed by atoms with Gasteiger partial charge >= 0.3 is 0 Å². The van der Waals surface area contributed by atoms with E-state index < -0.39 is 0 Å². The maximum absolute atomic E-state index is 9.18. The summed E-state index contributed by atoms with van der Waals surface area (Å²) in [5.74, 6) is 2.14. The SMILES string of the molecule is N#Cc1nccc(N2CCCN(Cc3ccc(-n4c(-c5cccnc5N)nc5ccc(-c6ccccc6)nc54)cc3)CC2)n1. The number of nitrogens with zero attached hydrogens (tertiary/aromatic N) is 9. The number of imidazole rings is 1. The number of rotatable bonds is 6. The second-order valence-corrected chi connectivity index (χ2v) is 10.7. The molecule has 2 N–H and O–H groups in total. The molecule has 0 atom stereocenters. The van der Waals surface area contributed by atoms with Gasteiger partial charge in [0.1, 0.15) is 23.2 Å². The molecule has 0 spiro atoms. The van der Waals surface area contributed by atoms with Crippen molar-refractivity contribution in [1.29, 1.82) is 5.26 Å². The molecule has 0 saturated carbocycles. The van der Waals surface area contributed by atoms with Gasteiger partial charge in [0.05, 0.1) is 11.3 Å². The number of hydrogen-bond acceptors (Lipinski definition) is 9. The van der Waals surface area contributed by atoms with E-state index in [0.717, 1.165) is 78.6 Å². The molecule has 1 aliphatic rings. The normalized spacial score (nSPS) is 13.9. The van der Waals surface area contributed by atoms with Crippen LogP contribution in [0.3, 0.4) is 0 Å². The zero-order chi connectivity index (χ0) is 29.9. The van der Waals surface area contributed by atoms with E-state index in [-0.39, 0.29) is 5.82 Å². The molecule has 10 heteroatoms. The van der Waals surface area contributed by atoms with Gasteiger partial charge in [-0.3, -0.25) is 9.47 Å². The molecular formula is C34H30N10. The molecule has 44 heavy (non-hydrogen) atoms. The number of nitrogens with two attached hydrogens (primary N) is 1. The maximum atomic E-state index is 9.18. The lowest BCUT2D eigenvalue weighted by Gasteiger charge is -2.22. The smallest absolute Gasteiger partial charge is 0.234 e. The number of anilines is 2. The van der Waals surface area contributed by atoms with Crippen LogP contribution in [-0.4, -0.2) is 60.6 Å². The van der Waals surface area contributed by atoms with Crippen LogP contribution < -0.4 is 10.6 Å². The summed E-state index contributed by atoms with van der Waals surface area (Å²) >= 11 is 0. The average Bonchev–Trinajstić information content (AvgIpc) is 3.29. The van der Waals surface area contributed by atoms with Gasteiger partial charge in [-0.15, -0.1) is 0 Å². The van der Waals surface area contributed by atoms with Crippen LogP contribution in [0.15, 0.2) is 97.3 Å². The zero-order valence-corrected chi connectivity index (χ0v) is 24.1. The highest BCUT2D eigenvalue weighted by molar-refractivity contribution is 5.84. The van der Waals surface area contributed by atoms with E-state index >= 15 is 0 Å². The fraction of sp³-hybridized carbons (Fsp3) is 0.176. The van der Waals surface area contributed by atoms with Crippen molar-refractivity contribution in [1.82, 2.24) is 34.4 Å². The predicted molar refractivity (Wildman–Crippen MR) is 171 cm³/mol. The number of benzene rings is 2. The molecule has 5 heterocycles. The number of fused-ring (bicyclic) bond motifs is 1. The van der Waals surface area contributed by atoms with Gasteiger partial charge in [-0.25, -0.2) is 24.9 Å².